The molecule has 0 fully saturated rings. The molecule has 2 aromatic rings. The molecule has 24 heavy (non-hydrogen) atoms. The van der Waals surface area contributed by atoms with Crippen LogP contribution in [0.5, 0.6) is 0 Å². The van der Waals surface area contributed by atoms with Crippen molar-refractivity contribution in [2.75, 3.05) is 6.61 Å². The van der Waals surface area contributed by atoms with Crippen molar-refractivity contribution in [3.05, 3.63) is 63.7 Å². The monoisotopic (exact) mass is 347 g/mol. The van der Waals surface area contributed by atoms with Gasteiger partial charge in [0.1, 0.15) is 0 Å². The van der Waals surface area contributed by atoms with Gasteiger partial charge in [0.05, 0.1) is 22.7 Å². The zero-order valence-corrected chi connectivity index (χ0v) is 13.4. The number of non-ortho nitro benzene ring substituents is 1. The average molecular weight is 347 g/mol. The number of nitro benzene ring substituents is 1. The second kappa shape index (κ2) is 7.60. The van der Waals surface area contributed by atoms with Crippen molar-refractivity contribution in [1.29, 1.82) is 0 Å². The second-order valence-corrected chi connectivity index (χ2v) is 5.73. The summed E-state index contributed by atoms with van der Waals surface area (Å²) in [5.41, 5.74) is -0.194. The van der Waals surface area contributed by atoms with Crippen LogP contribution in [-0.4, -0.2) is 28.6 Å². The van der Waals surface area contributed by atoms with Crippen LogP contribution >= 0.6 is 11.8 Å². The molecular formula is C16H13NO6S. The first-order valence-corrected chi connectivity index (χ1v) is 7.70. The number of hydrogen-bond acceptors (Lipinski definition) is 6. The molecule has 2 aromatic carbocycles. The fourth-order valence-electron chi connectivity index (χ4n) is 1.92. The predicted molar refractivity (Wildman–Crippen MR) is 86.6 cm³/mol. The summed E-state index contributed by atoms with van der Waals surface area (Å²) in [4.78, 5) is 34.6. The van der Waals surface area contributed by atoms with Crippen LogP contribution in [0, 0.1) is 10.1 Å². The van der Waals surface area contributed by atoms with E-state index in [2.05, 4.69) is 0 Å². The summed E-state index contributed by atoms with van der Waals surface area (Å²) in [6, 6.07) is 10.3. The Bertz CT molecular complexity index is 788. The van der Waals surface area contributed by atoms with Gasteiger partial charge in [-0.3, -0.25) is 10.1 Å². The number of benzene rings is 2. The smallest absolute Gasteiger partial charge is 0.338 e. The molecular weight excluding hydrogens is 334 g/mol. The maximum absolute atomic E-state index is 11.8. The molecule has 0 aliphatic rings. The van der Waals surface area contributed by atoms with E-state index in [1.165, 1.54) is 36.0 Å². The topological polar surface area (TPSA) is 107 Å². The Morgan fingerprint density at radius 2 is 1.75 bits per heavy atom. The van der Waals surface area contributed by atoms with Gasteiger partial charge in [-0.05, 0) is 37.3 Å². The van der Waals surface area contributed by atoms with Crippen LogP contribution in [0.15, 0.2) is 52.3 Å². The van der Waals surface area contributed by atoms with E-state index in [9.17, 15) is 24.8 Å². The number of aromatic carboxylic acids is 1. The molecule has 0 unspecified atom stereocenters. The van der Waals surface area contributed by atoms with Crippen molar-refractivity contribution in [2.24, 2.45) is 0 Å². The lowest BCUT2D eigenvalue weighted by Gasteiger charge is -2.08. The fraction of sp³-hybridized carbons (Fsp3) is 0.125. The third-order valence-corrected chi connectivity index (χ3v) is 4.00. The largest absolute Gasteiger partial charge is 0.478 e. The number of nitrogens with zero attached hydrogens (tertiary/aromatic N) is 1. The van der Waals surface area contributed by atoms with Crippen LogP contribution in [0.25, 0.3) is 0 Å². The van der Waals surface area contributed by atoms with Gasteiger partial charge >= 0.3 is 11.9 Å². The van der Waals surface area contributed by atoms with E-state index in [0.717, 1.165) is 0 Å². The minimum Gasteiger partial charge on any atom is -0.478 e. The molecule has 0 amide bonds. The van der Waals surface area contributed by atoms with E-state index >= 15 is 0 Å². The highest BCUT2D eigenvalue weighted by Crippen LogP contribution is 2.30. The van der Waals surface area contributed by atoms with Gasteiger partial charge in [-0.25, -0.2) is 9.59 Å². The predicted octanol–water partition coefficient (Wildman–Crippen LogP) is 3.62. The van der Waals surface area contributed by atoms with Gasteiger partial charge in [0.2, 0.25) is 0 Å². The van der Waals surface area contributed by atoms with Crippen molar-refractivity contribution in [1.82, 2.24) is 0 Å². The highest BCUT2D eigenvalue weighted by molar-refractivity contribution is 7.99. The lowest BCUT2D eigenvalue weighted by Crippen LogP contribution is -2.11. The molecule has 0 aliphatic heterocycles. The summed E-state index contributed by atoms with van der Waals surface area (Å²) < 4.78 is 4.84. The minimum atomic E-state index is -1.23. The molecule has 1 N–H and O–H groups in total. The third kappa shape index (κ3) is 4.11. The van der Waals surface area contributed by atoms with Crippen molar-refractivity contribution < 1.29 is 24.4 Å². The van der Waals surface area contributed by atoms with Crippen molar-refractivity contribution in [3.63, 3.8) is 0 Å². The normalized spacial score (nSPS) is 10.2. The van der Waals surface area contributed by atoms with Gasteiger partial charge in [-0.15, -0.1) is 0 Å². The Morgan fingerprint density at radius 1 is 1.12 bits per heavy atom. The summed E-state index contributed by atoms with van der Waals surface area (Å²) >= 11 is 1.24. The minimum absolute atomic E-state index is 0.0163. The molecule has 0 heterocycles. The fourth-order valence-corrected chi connectivity index (χ4v) is 2.78. The first-order chi connectivity index (χ1) is 11.4. The van der Waals surface area contributed by atoms with E-state index in [-0.39, 0.29) is 23.4 Å². The number of carboxylic acid groups (broad SMARTS) is 1. The van der Waals surface area contributed by atoms with Crippen LogP contribution in [-0.2, 0) is 4.74 Å². The molecule has 0 spiro atoms. The van der Waals surface area contributed by atoms with Gasteiger partial charge in [0.15, 0.2) is 0 Å². The average Bonchev–Trinajstić information content (AvgIpc) is 2.55. The molecule has 0 saturated heterocycles. The van der Waals surface area contributed by atoms with Crippen molar-refractivity contribution in [2.45, 2.75) is 16.7 Å². The molecule has 0 atom stereocenters. The van der Waals surface area contributed by atoms with Gasteiger partial charge in [-0.2, -0.15) is 0 Å². The maximum Gasteiger partial charge on any atom is 0.338 e. The molecule has 0 aromatic heterocycles. The zero-order chi connectivity index (χ0) is 17.7. The maximum atomic E-state index is 11.8. The first kappa shape index (κ1) is 17.5. The SMILES string of the molecule is CCOC(=O)c1ccc(Sc2ccc([N+](=O)[O-])cc2)cc1C(=O)O. The Morgan fingerprint density at radius 3 is 2.29 bits per heavy atom. The van der Waals surface area contributed by atoms with Crippen LogP contribution < -0.4 is 0 Å². The number of hydrogen-bond donors (Lipinski definition) is 1. The van der Waals surface area contributed by atoms with Crippen LogP contribution in [0.2, 0.25) is 0 Å². The zero-order valence-electron chi connectivity index (χ0n) is 12.6. The number of esters is 1. The quantitative estimate of drug-likeness (QED) is 0.483. The van der Waals surface area contributed by atoms with Crippen LogP contribution in [0.3, 0.4) is 0 Å². The van der Waals surface area contributed by atoms with Gasteiger partial charge in [0, 0.05) is 21.9 Å². The van der Waals surface area contributed by atoms with E-state index in [4.69, 9.17) is 4.74 Å². The number of carbonyl (C=O) groups excluding carboxylic acids is 1. The summed E-state index contributed by atoms with van der Waals surface area (Å²) in [5.74, 6) is -1.93. The Balaban J connectivity index is 2.28. The van der Waals surface area contributed by atoms with E-state index in [1.54, 1.807) is 25.1 Å². The molecule has 7 nitrogen and oxygen atoms in total. The number of ether oxygens (including phenoxy) is 1. The van der Waals surface area contributed by atoms with Crippen molar-refractivity contribution >= 4 is 29.4 Å². The van der Waals surface area contributed by atoms with Gasteiger partial charge < -0.3 is 9.84 Å². The van der Waals surface area contributed by atoms with Gasteiger partial charge in [0.25, 0.3) is 5.69 Å². The van der Waals surface area contributed by atoms with Gasteiger partial charge in [-0.1, -0.05) is 11.8 Å². The third-order valence-electron chi connectivity index (χ3n) is 3.00. The number of carbonyl (C=O) groups is 2. The Hall–Kier alpha value is -2.87. The summed E-state index contributed by atoms with van der Waals surface area (Å²) in [6.45, 7) is 1.79. The molecule has 0 bridgehead atoms. The van der Waals surface area contributed by atoms with E-state index in [0.29, 0.717) is 9.79 Å². The summed E-state index contributed by atoms with van der Waals surface area (Å²) in [6.07, 6.45) is 0. The first-order valence-electron chi connectivity index (χ1n) is 6.89. The highest BCUT2D eigenvalue weighted by atomic mass is 32.2. The van der Waals surface area contributed by atoms with Crippen LogP contribution in [0.4, 0.5) is 5.69 Å². The number of nitro groups is 1. The van der Waals surface area contributed by atoms with E-state index < -0.39 is 16.9 Å². The number of carboxylic acids is 1. The Labute approximate surface area is 141 Å². The van der Waals surface area contributed by atoms with Crippen molar-refractivity contribution in [3.8, 4) is 0 Å². The molecule has 0 radical (unpaired) electrons. The van der Waals surface area contributed by atoms with Crippen LogP contribution in [0.1, 0.15) is 27.6 Å². The Kier molecular flexibility index (Phi) is 5.54. The standard InChI is InChI=1S/C16H13NO6S/c1-2-23-16(20)13-8-7-12(9-14(13)15(18)19)24-11-5-3-10(4-6-11)17(21)22/h3-9H,2H2,1H3,(H,18,19). The molecule has 0 saturated carbocycles. The highest BCUT2D eigenvalue weighted by Gasteiger charge is 2.18. The molecule has 2 rings (SSSR count). The van der Waals surface area contributed by atoms with E-state index in [1.807, 2.05) is 0 Å². The number of rotatable bonds is 6. The molecule has 0 aliphatic carbocycles. The second-order valence-electron chi connectivity index (χ2n) is 4.59. The lowest BCUT2D eigenvalue weighted by molar-refractivity contribution is -0.384. The lowest BCUT2D eigenvalue weighted by atomic mass is 10.1. The summed E-state index contributed by atoms with van der Waals surface area (Å²) in [7, 11) is 0. The summed E-state index contributed by atoms with van der Waals surface area (Å²) in [5, 5.41) is 19.9. The molecule has 124 valence electrons. The molecule has 8 heteroatoms.